The fourth-order valence-electron chi connectivity index (χ4n) is 6.01. The van der Waals surface area contributed by atoms with E-state index in [9.17, 15) is 4.79 Å². The molecule has 2 aliphatic carbocycles. The molecule has 2 saturated heterocycles. The van der Waals surface area contributed by atoms with Gasteiger partial charge in [0.25, 0.3) is 0 Å². The van der Waals surface area contributed by atoms with Gasteiger partial charge in [0.15, 0.2) is 0 Å². The van der Waals surface area contributed by atoms with E-state index in [2.05, 4.69) is 66.4 Å². The molecule has 2 aliphatic heterocycles. The quantitative estimate of drug-likeness (QED) is 0.765. The van der Waals surface area contributed by atoms with Crippen LogP contribution in [0.5, 0.6) is 0 Å². The molecule has 2 N–H and O–H groups in total. The van der Waals surface area contributed by atoms with E-state index >= 15 is 0 Å². The molecule has 1 amide bonds. The zero-order valence-electron chi connectivity index (χ0n) is 20.1. The average Bonchev–Trinajstić information content (AvgIpc) is 3.71. The number of likely N-dealkylation sites (N-methyl/N-ethyl adjacent to an activating group) is 1. The smallest absolute Gasteiger partial charge is 0.230 e. The third-order valence-electron chi connectivity index (χ3n) is 8.29. The van der Waals surface area contributed by atoms with E-state index in [1.807, 2.05) is 23.1 Å². The van der Waals surface area contributed by atoms with Gasteiger partial charge in [0, 0.05) is 44.8 Å². The lowest BCUT2D eigenvalue weighted by Gasteiger charge is -2.24. The van der Waals surface area contributed by atoms with Crippen LogP contribution in [-0.2, 0) is 17.9 Å². The number of likely N-dealkylation sites (tertiary alicyclic amines) is 2. The third kappa shape index (κ3) is 4.59. The van der Waals surface area contributed by atoms with Crippen molar-refractivity contribution < 1.29 is 4.79 Å². The molecule has 4 aliphatic rings. The van der Waals surface area contributed by atoms with Crippen LogP contribution in [0.1, 0.15) is 36.8 Å². The third-order valence-corrected chi connectivity index (χ3v) is 8.29. The first-order chi connectivity index (χ1) is 15.9. The molecule has 4 fully saturated rings. The van der Waals surface area contributed by atoms with Crippen LogP contribution in [0.3, 0.4) is 0 Å². The number of rotatable bonds is 5. The van der Waals surface area contributed by atoms with Crippen molar-refractivity contribution in [2.75, 3.05) is 33.7 Å². The molecule has 5 heteroatoms. The van der Waals surface area contributed by atoms with Crippen molar-refractivity contribution in [1.82, 2.24) is 14.7 Å². The maximum absolute atomic E-state index is 12.2. The molecule has 6 rings (SSSR count). The first kappa shape index (κ1) is 22.6. The van der Waals surface area contributed by atoms with Gasteiger partial charge >= 0.3 is 0 Å². The van der Waals surface area contributed by atoms with Crippen molar-refractivity contribution in [1.29, 1.82) is 0 Å². The van der Waals surface area contributed by atoms with Crippen molar-refractivity contribution in [3.8, 4) is 0 Å². The summed E-state index contributed by atoms with van der Waals surface area (Å²) in [5, 5.41) is 0. The summed E-state index contributed by atoms with van der Waals surface area (Å²) in [6, 6.07) is 21.8. The van der Waals surface area contributed by atoms with E-state index in [0.717, 1.165) is 25.4 Å². The van der Waals surface area contributed by atoms with E-state index < -0.39 is 0 Å². The molecule has 0 radical (unpaired) electrons. The average molecular weight is 447 g/mol. The Hall–Kier alpha value is -2.21. The highest BCUT2D eigenvalue weighted by Gasteiger charge is 2.60. The highest BCUT2D eigenvalue weighted by molar-refractivity contribution is 5.88. The largest absolute Gasteiger partial charge is 0.336 e. The molecular weight excluding hydrogens is 408 g/mol. The Bertz CT molecular complexity index is 952. The molecule has 2 aromatic carbocycles. The molecular formula is C28H38N4O. The summed E-state index contributed by atoms with van der Waals surface area (Å²) in [6.07, 6.45) is 4.83. The highest BCUT2D eigenvalue weighted by atomic mass is 16.2. The van der Waals surface area contributed by atoms with E-state index in [1.54, 1.807) is 0 Å². The van der Waals surface area contributed by atoms with Crippen molar-refractivity contribution in [3.63, 3.8) is 0 Å². The molecule has 5 nitrogen and oxygen atoms in total. The van der Waals surface area contributed by atoms with Gasteiger partial charge in [-0.15, -0.1) is 0 Å². The Balaban J connectivity index is 0.000000139. The van der Waals surface area contributed by atoms with Gasteiger partial charge in [-0.25, -0.2) is 0 Å². The lowest BCUT2D eigenvalue weighted by Crippen LogP contribution is -2.36. The highest BCUT2D eigenvalue weighted by Crippen LogP contribution is 2.54. The first-order valence-corrected chi connectivity index (χ1v) is 12.4. The minimum Gasteiger partial charge on any atom is -0.336 e. The van der Waals surface area contributed by atoms with Gasteiger partial charge in [0.1, 0.15) is 0 Å². The van der Waals surface area contributed by atoms with E-state index in [4.69, 9.17) is 5.73 Å². The molecule has 176 valence electrons. The minimum absolute atomic E-state index is 0.0451. The minimum atomic E-state index is -0.172. The van der Waals surface area contributed by atoms with Crippen LogP contribution >= 0.6 is 0 Å². The maximum atomic E-state index is 12.2. The number of nitrogens with two attached hydrogens (primary N) is 1. The zero-order valence-corrected chi connectivity index (χ0v) is 20.1. The summed E-state index contributed by atoms with van der Waals surface area (Å²) >= 11 is 0. The van der Waals surface area contributed by atoms with Crippen LogP contribution in [0.25, 0.3) is 0 Å². The molecule has 2 unspecified atom stereocenters. The van der Waals surface area contributed by atoms with Crippen LogP contribution in [-0.4, -0.2) is 66.4 Å². The van der Waals surface area contributed by atoms with Crippen LogP contribution in [0.15, 0.2) is 60.7 Å². The number of amides is 1. The van der Waals surface area contributed by atoms with Gasteiger partial charge in [-0.05, 0) is 56.3 Å². The van der Waals surface area contributed by atoms with Crippen LogP contribution < -0.4 is 5.73 Å². The Morgan fingerprint density at radius 2 is 1.45 bits per heavy atom. The molecule has 2 spiro atoms. The SMILES string of the molecule is CN(C)C1CN(Cc2ccccc2)CC12CC2.NC1CN(Cc2ccccc2)C(=O)C12CC2. The molecule has 0 bridgehead atoms. The lowest BCUT2D eigenvalue weighted by molar-refractivity contribution is -0.132. The van der Waals surface area contributed by atoms with Gasteiger partial charge in [-0.1, -0.05) is 60.7 Å². The van der Waals surface area contributed by atoms with Crippen LogP contribution in [0.2, 0.25) is 0 Å². The maximum Gasteiger partial charge on any atom is 0.230 e. The number of nitrogens with zero attached hydrogens (tertiary/aromatic N) is 3. The normalized spacial score (nSPS) is 26.7. The monoisotopic (exact) mass is 446 g/mol. The summed E-state index contributed by atoms with van der Waals surface area (Å²) in [6.45, 7) is 5.07. The van der Waals surface area contributed by atoms with Gasteiger partial charge in [0.2, 0.25) is 5.91 Å². The molecule has 2 aromatic rings. The van der Waals surface area contributed by atoms with Gasteiger partial charge < -0.3 is 15.5 Å². The summed E-state index contributed by atoms with van der Waals surface area (Å²) in [5.41, 5.74) is 9.14. The second-order valence-electron chi connectivity index (χ2n) is 10.9. The molecule has 2 heterocycles. The second kappa shape index (κ2) is 8.86. The van der Waals surface area contributed by atoms with Crippen LogP contribution in [0.4, 0.5) is 0 Å². The topological polar surface area (TPSA) is 52.8 Å². The van der Waals surface area contributed by atoms with E-state index in [0.29, 0.717) is 18.5 Å². The first-order valence-electron chi connectivity index (χ1n) is 12.4. The number of carbonyl (C=O) groups is 1. The number of hydrogen-bond donors (Lipinski definition) is 1. The fourth-order valence-corrected chi connectivity index (χ4v) is 6.01. The molecule has 33 heavy (non-hydrogen) atoms. The van der Waals surface area contributed by atoms with E-state index in [1.165, 1.54) is 37.1 Å². The van der Waals surface area contributed by atoms with Crippen molar-refractivity contribution in [2.45, 2.75) is 50.9 Å². The van der Waals surface area contributed by atoms with Crippen LogP contribution in [0, 0.1) is 10.8 Å². The summed E-state index contributed by atoms with van der Waals surface area (Å²) in [4.78, 5) is 19.1. The van der Waals surface area contributed by atoms with Gasteiger partial charge in [-0.3, -0.25) is 9.69 Å². The van der Waals surface area contributed by atoms with E-state index in [-0.39, 0.29) is 17.4 Å². The number of hydrogen-bond acceptors (Lipinski definition) is 4. The Labute approximate surface area is 198 Å². The zero-order chi connectivity index (χ0) is 23.1. The van der Waals surface area contributed by atoms with Crippen molar-refractivity contribution in [3.05, 3.63) is 71.8 Å². The summed E-state index contributed by atoms with van der Waals surface area (Å²) in [7, 11) is 4.47. The molecule has 0 aromatic heterocycles. The Kier molecular flexibility index (Phi) is 6.06. The summed E-state index contributed by atoms with van der Waals surface area (Å²) < 4.78 is 0. The second-order valence-corrected chi connectivity index (χ2v) is 10.9. The molecule has 2 atom stereocenters. The number of benzene rings is 2. The predicted molar refractivity (Wildman–Crippen MR) is 132 cm³/mol. The standard InChI is InChI=1S/C15H22N2.C13H16N2O/c1-16(2)14-11-17(12-15(14)8-9-15)10-13-6-4-3-5-7-13;14-11-9-15(12(16)13(11)6-7-13)8-10-4-2-1-3-5-10/h3-7,14H,8-12H2,1-2H3;1-5,11H,6-9,14H2. The van der Waals surface area contributed by atoms with Gasteiger partial charge in [-0.2, -0.15) is 0 Å². The fraction of sp³-hybridized carbons (Fsp3) is 0.536. The van der Waals surface area contributed by atoms with Gasteiger partial charge in [0.05, 0.1) is 5.41 Å². The lowest BCUT2D eigenvalue weighted by atomic mass is 10.0. The summed E-state index contributed by atoms with van der Waals surface area (Å²) in [5.74, 6) is 0.267. The molecule has 2 saturated carbocycles. The Morgan fingerprint density at radius 3 is 1.91 bits per heavy atom. The number of carbonyl (C=O) groups excluding carboxylic acids is 1. The van der Waals surface area contributed by atoms with Crippen molar-refractivity contribution in [2.24, 2.45) is 16.6 Å². The predicted octanol–water partition coefficient (Wildman–Crippen LogP) is 3.35. The van der Waals surface area contributed by atoms with Crippen molar-refractivity contribution >= 4 is 5.91 Å². The Morgan fingerprint density at radius 1 is 0.879 bits per heavy atom.